The molecular formula is C30H37NO9. The summed E-state index contributed by atoms with van der Waals surface area (Å²) < 4.78 is 48.3. The van der Waals surface area contributed by atoms with Crippen molar-refractivity contribution in [2.24, 2.45) is 0 Å². The first kappa shape index (κ1) is 27.1. The molecule has 2 bridgehead atoms. The summed E-state index contributed by atoms with van der Waals surface area (Å²) in [6.45, 7) is 0.799. The standard InChI is InChI=1S/C30H37NO9/c1-31-13-12-28-15-23(39-27(32)17-8-10-19(33-2)21(14-17)35-4)26(37-6)30(38-7)29(28,31)16-22(40-30)18-9-11-20(34-3)25(36-5)24(18)28/h8-11,14,22-23,26H,12-13,15-16H2,1-7H3/t22-,23+,26+,28+,29+,30+/m1/s1. The van der Waals surface area contributed by atoms with Crippen LogP contribution in [0.4, 0.5) is 0 Å². The highest BCUT2D eigenvalue weighted by molar-refractivity contribution is 5.90. The number of likely N-dealkylation sites (N-methyl/N-ethyl adjacent to an activating group) is 1. The number of rotatable bonds is 8. The molecule has 10 nitrogen and oxygen atoms in total. The van der Waals surface area contributed by atoms with E-state index in [1.165, 1.54) is 7.11 Å². The van der Waals surface area contributed by atoms with Crippen LogP contribution in [0.3, 0.4) is 0 Å². The molecule has 0 unspecified atom stereocenters. The van der Waals surface area contributed by atoms with Crippen LogP contribution in [0.25, 0.3) is 0 Å². The van der Waals surface area contributed by atoms with Crippen LogP contribution in [-0.2, 0) is 24.4 Å². The molecule has 216 valence electrons. The lowest BCUT2D eigenvalue weighted by atomic mass is 9.50. The summed E-state index contributed by atoms with van der Waals surface area (Å²) in [7, 11) is 11.8. The van der Waals surface area contributed by atoms with E-state index in [4.69, 9.17) is 37.9 Å². The van der Waals surface area contributed by atoms with E-state index < -0.39 is 34.9 Å². The fourth-order valence-corrected chi connectivity index (χ4v) is 8.33. The van der Waals surface area contributed by atoms with Crippen LogP contribution in [0.1, 0.15) is 46.9 Å². The topological polar surface area (TPSA) is 94.2 Å². The van der Waals surface area contributed by atoms with Crippen LogP contribution in [0.5, 0.6) is 23.0 Å². The third-order valence-electron chi connectivity index (χ3n) is 9.79. The third kappa shape index (κ3) is 3.16. The molecule has 0 amide bonds. The number of benzene rings is 2. The number of methoxy groups -OCH3 is 6. The van der Waals surface area contributed by atoms with Crippen molar-refractivity contribution in [2.45, 2.75) is 54.3 Å². The van der Waals surface area contributed by atoms with Gasteiger partial charge in [0.25, 0.3) is 0 Å². The van der Waals surface area contributed by atoms with Crippen molar-refractivity contribution in [3.63, 3.8) is 0 Å². The van der Waals surface area contributed by atoms with Gasteiger partial charge in [0.05, 0.1) is 45.6 Å². The van der Waals surface area contributed by atoms with Gasteiger partial charge in [-0.25, -0.2) is 4.79 Å². The number of hydrogen-bond donors (Lipinski definition) is 0. The van der Waals surface area contributed by atoms with Gasteiger partial charge in [0, 0.05) is 31.6 Å². The molecule has 6 rings (SSSR count). The predicted octanol–water partition coefficient (Wildman–Crippen LogP) is 3.50. The maximum absolute atomic E-state index is 13.6. The average Bonchev–Trinajstić information content (AvgIpc) is 3.49. The summed E-state index contributed by atoms with van der Waals surface area (Å²) >= 11 is 0. The minimum absolute atomic E-state index is 0.263. The van der Waals surface area contributed by atoms with Crippen molar-refractivity contribution in [3.05, 3.63) is 47.0 Å². The minimum atomic E-state index is -1.21. The van der Waals surface area contributed by atoms with Crippen molar-refractivity contribution >= 4 is 5.97 Å². The number of ether oxygens (including phenoxy) is 8. The zero-order chi connectivity index (χ0) is 28.4. The molecule has 1 spiro atoms. The molecule has 0 radical (unpaired) electrons. The molecule has 2 aromatic carbocycles. The van der Waals surface area contributed by atoms with Crippen molar-refractivity contribution in [1.29, 1.82) is 0 Å². The van der Waals surface area contributed by atoms with E-state index in [1.54, 1.807) is 53.7 Å². The summed E-state index contributed by atoms with van der Waals surface area (Å²) in [5.74, 6) is 0.584. The molecule has 3 fully saturated rings. The van der Waals surface area contributed by atoms with Crippen molar-refractivity contribution in [3.8, 4) is 23.0 Å². The van der Waals surface area contributed by atoms with Gasteiger partial charge in [-0.15, -0.1) is 0 Å². The van der Waals surface area contributed by atoms with Crippen molar-refractivity contribution in [2.75, 3.05) is 56.3 Å². The van der Waals surface area contributed by atoms with E-state index in [2.05, 4.69) is 18.0 Å². The Kier molecular flexibility index (Phi) is 6.45. The fourth-order valence-electron chi connectivity index (χ4n) is 8.33. The number of fused-ring (bicyclic) bond motifs is 3. The number of carbonyl (C=O) groups excluding carboxylic acids is 1. The average molecular weight is 556 g/mol. The molecule has 2 aromatic rings. The largest absolute Gasteiger partial charge is 0.493 e. The maximum Gasteiger partial charge on any atom is 0.338 e. The number of carbonyl (C=O) groups is 1. The van der Waals surface area contributed by atoms with E-state index >= 15 is 0 Å². The van der Waals surface area contributed by atoms with Gasteiger partial charge in [-0.05, 0) is 56.3 Å². The Labute approximate surface area is 234 Å². The fraction of sp³-hybridized carbons (Fsp3) is 0.567. The van der Waals surface area contributed by atoms with Crippen molar-refractivity contribution in [1.82, 2.24) is 4.90 Å². The number of hydrogen-bond acceptors (Lipinski definition) is 10. The Balaban J connectivity index is 1.51. The van der Waals surface area contributed by atoms with Gasteiger partial charge >= 0.3 is 5.97 Å². The highest BCUT2D eigenvalue weighted by Crippen LogP contribution is 2.73. The summed E-state index contributed by atoms with van der Waals surface area (Å²) in [6.07, 6.45) is 0.361. The predicted molar refractivity (Wildman–Crippen MR) is 144 cm³/mol. The zero-order valence-electron chi connectivity index (χ0n) is 24.1. The Morgan fingerprint density at radius 3 is 2.30 bits per heavy atom. The number of nitrogens with zero attached hydrogens (tertiary/aromatic N) is 1. The molecule has 2 aliphatic carbocycles. The molecule has 2 heterocycles. The monoisotopic (exact) mass is 555 g/mol. The highest BCUT2D eigenvalue weighted by Gasteiger charge is 2.83. The first-order chi connectivity index (χ1) is 19.3. The van der Waals surface area contributed by atoms with Crippen LogP contribution in [0.15, 0.2) is 30.3 Å². The molecule has 1 saturated carbocycles. The van der Waals surface area contributed by atoms with Gasteiger partial charge in [-0.2, -0.15) is 0 Å². The van der Waals surface area contributed by atoms with Gasteiger partial charge in [0.15, 0.2) is 23.0 Å². The Bertz CT molecular complexity index is 1330. The quantitative estimate of drug-likeness (QED) is 0.451. The first-order valence-corrected chi connectivity index (χ1v) is 13.5. The Morgan fingerprint density at radius 2 is 1.65 bits per heavy atom. The summed E-state index contributed by atoms with van der Waals surface area (Å²) in [5, 5.41) is 0. The van der Waals surface area contributed by atoms with Gasteiger partial charge in [0.2, 0.25) is 5.79 Å². The second kappa shape index (κ2) is 9.51. The Morgan fingerprint density at radius 1 is 0.925 bits per heavy atom. The lowest BCUT2D eigenvalue weighted by Gasteiger charge is -2.61. The van der Waals surface area contributed by atoms with Crippen LogP contribution in [0, 0.1) is 0 Å². The van der Waals surface area contributed by atoms with E-state index in [0.717, 1.165) is 30.5 Å². The van der Waals surface area contributed by atoms with E-state index in [0.29, 0.717) is 35.0 Å². The van der Waals surface area contributed by atoms with E-state index in [-0.39, 0.29) is 6.10 Å². The second-order valence-electron chi connectivity index (χ2n) is 10.9. The highest BCUT2D eigenvalue weighted by atomic mass is 16.7. The second-order valence-corrected chi connectivity index (χ2v) is 10.9. The summed E-state index contributed by atoms with van der Waals surface area (Å²) in [5.41, 5.74) is 1.31. The smallest absolute Gasteiger partial charge is 0.338 e. The molecule has 2 aliphatic heterocycles. The lowest BCUT2D eigenvalue weighted by molar-refractivity contribution is -0.338. The molecule has 4 aliphatic rings. The third-order valence-corrected chi connectivity index (χ3v) is 9.79. The molecule has 40 heavy (non-hydrogen) atoms. The molecule has 0 aromatic heterocycles. The lowest BCUT2D eigenvalue weighted by Crippen LogP contribution is -2.78. The summed E-state index contributed by atoms with van der Waals surface area (Å²) in [4.78, 5) is 16.0. The molecule has 0 N–H and O–H groups in total. The van der Waals surface area contributed by atoms with Crippen LogP contribution < -0.4 is 18.9 Å². The van der Waals surface area contributed by atoms with E-state index in [1.807, 2.05) is 6.07 Å². The first-order valence-electron chi connectivity index (χ1n) is 13.5. The molecule has 2 saturated heterocycles. The van der Waals surface area contributed by atoms with Crippen LogP contribution in [0.2, 0.25) is 0 Å². The zero-order valence-corrected chi connectivity index (χ0v) is 24.1. The molecular weight excluding hydrogens is 518 g/mol. The SMILES string of the molecule is COc1ccc(C(=O)O[C@H]2C[C@]34CCN(C)[C@@]35C[C@@H](O[C@@]5(OC)[C@H]2OC)c2ccc(OC)c(OC)c24)cc1OC. The van der Waals surface area contributed by atoms with Crippen LogP contribution >= 0.6 is 0 Å². The summed E-state index contributed by atoms with van der Waals surface area (Å²) in [6, 6.07) is 8.95. The van der Waals surface area contributed by atoms with Gasteiger partial charge < -0.3 is 37.9 Å². The van der Waals surface area contributed by atoms with Gasteiger partial charge in [-0.1, -0.05) is 6.07 Å². The number of esters is 1. The maximum atomic E-state index is 13.6. The van der Waals surface area contributed by atoms with Crippen LogP contribution in [-0.4, -0.2) is 90.7 Å². The molecule has 6 atom stereocenters. The van der Waals surface area contributed by atoms with Crippen molar-refractivity contribution < 1.29 is 42.7 Å². The minimum Gasteiger partial charge on any atom is -0.493 e. The van der Waals surface area contributed by atoms with Gasteiger partial charge in [-0.3, -0.25) is 4.90 Å². The van der Waals surface area contributed by atoms with E-state index in [9.17, 15) is 4.79 Å². The normalized spacial score (nSPS) is 33.6. The van der Waals surface area contributed by atoms with Gasteiger partial charge in [0.1, 0.15) is 12.2 Å². The number of likely N-dealkylation sites (tertiary alicyclic amines) is 1. The molecule has 10 heteroatoms. The Hall–Kier alpha value is -3.05.